The Morgan fingerprint density at radius 2 is 2.00 bits per heavy atom. The number of pyridine rings is 1. The summed E-state index contributed by atoms with van der Waals surface area (Å²) in [5.74, 6) is 1.17. The van der Waals surface area contributed by atoms with Crippen LogP contribution >= 0.6 is 24.0 Å². The summed E-state index contributed by atoms with van der Waals surface area (Å²) in [6.45, 7) is 5.03. The van der Waals surface area contributed by atoms with Gasteiger partial charge >= 0.3 is 0 Å². The largest absolute Gasteiger partial charge is 0.367 e. The van der Waals surface area contributed by atoms with Crippen LogP contribution in [0.15, 0.2) is 34.1 Å². The first-order chi connectivity index (χ1) is 15.5. The second-order valence-corrected chi connectivity index (χ2v) is 10.4. The van der Waals surface area contributed by atoms with Gasteiger partial charge < -0.3 is 5.32 Å². The van der Waals surface area contributed by atoms with Gasteiger partial charge in [0.1, 0.15) is 15.8 Å². The summed E-state index contributed by atoms with van der Waals surface area (Å²) in [7, 11) is 0. The van der Waals surface area contributed by atoms with Gasteiger partial charge in [0.15, 0.2) is 0 Å². The van der Waals surface area contributed by atoms with Crippen LogP contribution < -0.4 is 10.9 Å². The SMILES string of the molecule is CCCCCN1C(=O)/C(=C\c2c(NC3CCC(C)CC3)nc3ccccn3c2=O)SC1=S. The molecule has 0 radical (unpaired) electrons. The number of hydrogen-bond donors (Lipinski definition) is 1. The lowest BCUT2D eigenvalue weighted by Gasteiger charge is -2.27. The molecular weight excluding hydrogens is 440 g/mol. The van der Waals surface area contributed by atoms with Gasteiger partial charge in [-0.3, -0.25) is 18.9 Å². The zero-order valence-corrected chi connectivity index (χ0v) is 20.3. The molecule has 32 heavy (non-hydrogen) atoms. The van der Waals surface area contributed by atoms with Gasteiger partial charge in [0.2, 0.25) is 0 Å². The Bertz CT molecular complexity index is 1100. The quantitative estimate of drug-likeness (QED) is 0.346. The topological polar surface area (TPSA) is 66.7 Å². The van der Waals surface area contributed by atoms with Crippen LogP contribution in [0.25, 0.3) is 11.7 Å². The fraction of sp³-hybridized carbons (Fsp3) is 0.500. The zero-order chi connectivity index (χ0) is 22.7. The summed E-state index contributed by atoms with van der Waals surface area (Å²) in [5.41, 5.74) is 0.827. The van der Waals surface area contributed by atoms with Crippen molar-refractivity contribution in [3.8, 4) is 0 Å². The van der Waals surface area contributed by atoms with E-state index >= 15 is 0 Å². The minimum Gasteiger partial charge on any atom is -0.367 e. The van der Waals surface area contributed by atoms with E-state index in [2.05, 4.69) is 19.2 Å². The molecule has 4 rings (SSSR count). The molecule has 2 aliphatic rings. The van der Waals surface area contributed by atoms with Crippen LogP contribution in [0.1, 0.15) is 64.4 Å². The fourth-order valence-electron chi connectivity index (χ4n) is 4.28. The maximum absolute atomic E-state index is 13.4. The van der Waals surface area contributed by atoms with Crippen molar-refractivity contribution in [3.05, 3.63) is 45.2 Å². The maximum atomic E-state index is 13.4. The van der Waals surface area contributed by atoms with E-state index < -0.39 is 0 Å². The molecule has 2 aromatic heterocycles. The van der Waals surface area contributed by atoms with Gasteiger partial charge in [0, 0.05) is 18.8 Å². The van der Waals surface area contributed by atoms with Crippen molar-refractivity contribution in [1.82, 2.24) is 14.3 Å². The predicted octanol–water partition coefficient (Wildman–Crippen LogP) is 5.08. The average molecular weight is 471 g/mol. The molecule has 2 aromatic rings. The van der Waals surface area contributed by atoms with Crippen LogP contribution in [0.4, 0.5) is 5.82 Å². The van der Waals surface area contributed by atoms with E-state index in [1.165, 1.54) is 16.2 Å². The molecule has 0 spiro atoms. The lowest BCUT2D eigenvalue weighted by atomic mass is 9.87. The molecule has 0 unspecified atom stereocenters. The van der Waals surface area contributed by atoms with E-state index in [0.29, 0.717) is 32.8 Å². The van der Waals surface area contributed by atoms with E-state index in [-0.39, 0.29) is 17.5 Å². The number of amides is 1. The second-order valence-electron chi connectivity index (χ2n) is 8.75. The molecule has 0 aromatic carbocycles. The Morgan fingerprint density at radius 1 is 1.22 bits per heavy atom. The first-order valence-electron chi connectivity index (χ1n) is 11.5. The highest BCUT2D eigenvalue weighted by molar-refractivity contribution is 8.26. The monoisotopic (exact) mass is 470 g/mol. The highest BCUT2D eigenvalue weighted by Crippen LogP contribution is 2.34. The molecule has 0 bridgehead atoms. The molecule has 0 atom stereocenters. The zero-order valence-electron chi connectivity index (χ0n) is 18.7. The summed E-state index contributed by atoms with van der Waals surface area (Å²) in [6.07, 6.45) is 10.9. The van der Waals surface area contributed by atoms with Crippen molar-refractivity contribution in [2.45, 2.75) is 64.8 Å². The molecule has 170 valence electrons. The third-order valence-corrected chi connectivity index (χ3v) is 7.64. The molecule has 1 amide bonds. The smallest absolute Gasteiger partial charge is 0.267 e. The molecule has 1 aliphatic heterocycles. The van der Waals surface area contributed by atoms with E-state index in [9.17, 15) is 9.59 Å². The van der Waals surface area contributed by atoms with Crippen molar-refractivity contribution in [3.63, 3.8) is 0 Å². The number of hydrogen-bond acceptors (Lipinski definition) is 6. The third-order valence-electron chi connectivity index (χ3n) is 6.26. The number of anilines is 1. The number of aromatic nitrogens is 2. The predicted molar refractivity (Wildman–Crippen MR) is 136 cm³/mol. The summed E-state index contributed by atoms with van der Waals surface area (Å²) < 4.78 is 2.09. The van der Waals surface area contributed by atoms with Gasteiger partial charge in [-0.05, 0) is 56.2 Å². The average Bonchev–Trinajstić information content (AvgIpc) is 3.05. The van der Waals surface area contributed by atoms with E-state index in [1.54, 1.807) is 17.2 Å². The van der Waals surface area contributed by atoms with Crippen LogP contribution in [0.3, 0.4) is 0 Å². The van der Waals surface area contributed by atoms with Crippen LogP contribution in [-0.2, 0) is 4.79 Å². The molecule has 1 saturated heterocycles. The van der Waals surface area contributed by atoms with Crippen LogP contribution in [0.5, 0.6) is 0 Å². The molecule has 6 nitrogen and oxygen atoms in total. The summed E-state index contributed by atoms with van der Waals surface area (Å²) >= 11 is 6.73. The van der Waals surface area contributed by atoms with Gasteiger partial charge in [-0.1, -0.05) is 56.7 Å². The number of nitrogens with zero attached hydrogens (tertiary/aromatic N) is 3. The third kappa shape index (κ3) is 4.91. The number of carbonyl (C=O) groups excluding carboxylic acids is 1. The number of thiocarbonyl (C=S) groups is 1. The summed E-state index contributed by atoms with van der Waals surface area (Å²) in [4.78, 5) is 33.3. The lowest BCUT2D eigenvalue weighted by Crippen LogP contribution is -2.29. The van der Waals surface area contributed by atoms with Crippen LogP contribution in [-0.4, -0.2) is 37.1 Å². The minimum atomic E-state index is -0.182. The van der Waals surface area contributed by atoms with Crippen molar-refractivity contribution in [1.29, 1.82) is 0 Å². The standard InChI is InChI=1S/C24H30N4O2S2/c1-3-4-6-14-28-23(30)19(32-24(28)31)15-18-21(25-17-11-9-16(2)10-12-17)26-20-8-5-7-13-27(20)22(18)29/h5,7-8,13,15-17,25H,3-4,6,9-12,14H2,1-2H3/b19-15+. The Hall–Kier alpha value is -2.19. The van der Waals surface area contributed by atoms with Gasteiger partial charge in [0.25, 0.3) is 11.5 Å². The fourth-order valence-corrected chi connectivity index (χ4v) is 5.57. The first-order valence-corrected chi connectivity index (χ1v) is 12.7. The molecular formula is C24H30N4O2S2. The number of rotatable bonds is 7. The van der Waals surface area contributed by atoms with E-state index in [4.69, 9.17) is 17.2 Å². The lowest BCUT2D eigenvalue weighted by molar-refractivity contribution is -0.122. The minimum absolute atomic E-state index is 0.119. The molecule has 1 N–H and O–H groups in total. The number of unbranched alkanes of at least 4 members (excludes halogenated alkanes) is 2. The Morgan fingerprint density at radius 3 is 2.75 bits per heavy atom. The number of carbonyl (C=O) groups is 1. The molecule has 1 saturated carbocycles. The molecule has 1 aliphatic carbocycles. The summed E-state index contributed by atoms with van der Waals surface area (Å²) in [6, 6.07) is 5.78. The Balaban J connectivity index is 1.69. The van der Waals surface area contributed by atoms with Crippen LogP contribution in [0.2, 0.25) is 0 Å². The van der Waals surface area contributed by atoms with Crippen molar-refractivity contribution in [2.75, 3.05) is 11.9 Å². The summed E-state index contributed by atoms with van der Waals surface area (Å²) in [5, 5.41) is 3.52. The number of fused-ring (bicyclic) bond motifs is 1. The number of thioether (sulfide) groups is 1. The van der Waals surface area contributed by atoms with E-state index in [0.717, 1.165) is 50.9 Å². The Kier molecular flexibility index (Phi) is 7.30. The van der Waals surface area contributed by atoms with Gasteiger partial charge in [-0.25, -0.2) is 4.98 Å². The normalized spacial score (nSPS) is 22.8. The molecule has 2 fully saturated rings. The van der Waals surface area contributed by atoms with Gasteiger partial charge in [0.05, 0.1) is 10.5 Å². The van der Waals surface area contributed by atoms with E-state index in [1.807, 2.05) is 18.2 Å². The Labute approximate surface area is 198 Å². The molecule has 8 heteroatoms. The highest BCUT2D eigenvalue weighted by atomic mass is 32.2. The van der Waals surface area contributed by atoms with Crippen molar-refractivity contribution >= 4 is 51.7 Å². The molecule has 3 heterocycles. The van der Waals surface area contributed by atoms with Gasteiger partial charge in [-0.15, -0.1) is 0 Å². The second kappa shape index (κ2) is 10.2. The van der Waals surface area contributed by atoms with Crippen molar-refractivity contribution < 1.29 is 4.79 Å². The highest BCUT2D eigenvalue weighted by Gasteiger charge is 2.32. The number of nitrogens with one attached hydrogen (secondary N) is 1. The van der Waals surface area contributed by atoms with Gasteiger partial charge in [-0.2, -0.15) is 0 Å². The maximum Gasteiger partial charge on any atom is 0.267 e. The van der Waals surface area contributed by atoms with Crippen LogP contribution in [0, 0.1) is 5.92 Å². The van der Waals surface area contributed by atoms with Crippen molar-refractivity contribution in [2.24, 2.45) is 5.92 Å². The first kappa shape index (κ1) is 23.0.